The molecule has 0 aliphatic rings. The molecule has 0 saturated heterocycles. The quantitative estimate of drug-likeness (QED) is 0.641. The molecule has 0 saturated carbocycles. The fourth-order valence-corrected chi connectivity index (χ4v) is 1.54. The number of nitrogens with one attached hydrogen (secondary N) is 1. The molecule has 4 nitrogen and oxygen atoms in total. The number of likely N-dealkylation sites (N-methyl/N-ethyl adjacent to an activating group) is 2. The zero-order valence-electron chi connectivity index (χ0n) is 10.5. The van der Waals surface area contributed by atoms with Gasteiger partial charge >= 0.3 is 5.97 Å². The summed E-state index contributed by atoms with van der Waals surface area (Å²) in [5, 5.41) is 2.98. The topological polar surface area (TPSA) is 41.6 Å². The number of methoxy groups -OCH3 is 1. The lowest BCUT2D eigenvalue weighted by molar-refractivity contribution is -0.143. The van der Waals surface area contributed by atoms with Crippen LogP contribution in [-0.2, 0) is 9.53 Å². The Bertz CT molecular complexity index is 185. The summed E-state index contributed by atoms with van der Waals surface area (Å²) >= 11 is 0. The second-order valence-corrected chi connectivity index (χ2v) is 3.71. The Morgan fingerprint density at radius 1 is 1.47 bits per heavy atom. The van der Waals surface area contributed by atoms with Gasteiger partial charge in [0.05, 0.1) is 7.11 Å². The van der Waals surface area contributed by atoms with Crippen molar-refractivity contribution in [3.05, 3.63) is 0 Å². The van der Waals surface area contributed by atoms with Crippen molar-refractivity contribution in [1.82, 2.24) is 10.2 Å². The minimum Gasteiger partial charge on any atom is -0.468 e. The number of carbonyl (C=O) groups excluding carboxylic acids is 1. The van der Waals surface area contributed by atoms with E-state index in [1.165, 1.54) is 7.11 Å². The van der Waals surface area contributed by atoms with Crippen LogP contribution in [0.3, 0.4) is 0 Å². The SMILES string of the molecule is CCC(C)N(CC)CC(NC)C(=O)OC. The largest absolute Gasteiger partial charge is 0.468 e. The molecule has 0 spiro atoms. The number of ether oxygens (including phenoxy) is 1. The van der Waals surface area contributed by atoms with Crippen molar-refractivity contribution in [2.75, 3.05) is 27.2 Å². The van der Waals surface area contributed by atoms with Gasteiger partial charge in [-0.05, 0) is 26.9 Å². The lowest BCUT2D eigenvalue weighted by Gasteiger charge is -2.29. The van der Waals surface area contributed by atoms with Crippen LogP contribution in [0.4, 0.5) is 0 Å². The Labute approximate surface area is 93.0 Å². The van der Waals surface area contributed by atoms with Gasteiger partial charge in [-0.2, -0.15) is 0 Å². The van der Waals surface area contributed by atoms with Crippen LogP contribution in [0.25, 0.3) is 0 Å². The summed E-state index contributed by atoms with van der Waals surface area (Å²) < 4.78 is 4.73. The molecule has 0 aromatic carbocycles. The Hall–Kier alpha value is -0.610. The monoisotopic (exact) mass is 216 g/mol. The van der Waals surface area contributed by atoms with Gasteiger partial charge in [-0.15, -0.1) is 0 Å². The number of nitrogens with zero attached hydrogens (tertiary/aromatic N) is 1. The second kappa shape index (κ2) is 7.65. The minimum absolute atomic E-state index is 0.195. The van der Waals surface area contributed by atoms with Crippen molar-refractivity contribution in [3.63, 3.8) is 0 Å². The highest BCUT2D eigenvalue weighted by Gasteiger charge is 2.21. The molecule has 2 unspecified atom stereocenters. The Morgan fingerprint density at radius 2 is 2.07 bits per heavy atom. The average Bonchev–Trinajstić information content (AvgIpc) is 2.28. The van der Waals surface area contributed by atoms with Crippen LogP contribution in [0.2, 0.25) is 0 Å². The highest BCUT2D eigenvalue weighted by atomic mass is 16.5. The third kappa shape index (κ3) is 4.62. The van der Waals surface area contributed by atoms with Crippen molar-refractivity contribution in [2.45, 2.75) is 39.3 Å². The lowest BCUT2D eigenvalue weighted by Crippen LogP contribution is -2.47. The molecular weight excluding hydrogens is 192 g/mol. The normalized spacial score (nSPS) is 15.1. The first kappa shape index (κ1) is 14.4. The lowest BCUT2D eigenvalue weighted by atomic mass is 10.2. The van der Waals surface area contributed by atoms with Crippen molar-refractivity contribution in [2.24, 2.45) is 0 Å². The van der Waals surface area contributed by atoms with Gasteiger partial charge in [-0.1, -0.05) is 13.8 Å². The van der Waals surface area contributed by atoms with E-state index in [0.717, 1.165) is 13.0 Å². The first-order chi connectivity index (χ1) is 7.10. The van der Waals surface area contributed by atoms with E-state index in [-0.39, 0.29) is 12.0 Å². The van der Waals surface area contributed by atoms with Crippen LogP contribution >= 0.6 is 0 Å². The molecule has 0 bridgehead atoms. The molecule has 0 radical (unpaired) electrons. The molecule has 15 heavy (non-hydrogen) atoms. The van der Waals surface area contributed by atoms with E-state index in [4.69, 9.17) is 4.74 Å². The zero-order valence-corrected chi connectivity index (χ0v) is 10.5. The third-order valence-corrected chi connectivity index (χ3v) is 2.87. The second-order valence-electron chi connectivity index (χ2n) is 3.71. The first-order valence-electron chi connectivity index (χ1n) is 5.59. The molecule has 2 atom stereocenters. The Morgan fingerprint density at radius 3 is 2.40 bits per heavy atom. The molecular formula is C11H24N2O2. The molecule has 0 amide bonds. The van der Waals surface area contributed by atoms with Crippen LogP contribution in [0.1, 0.15) is 27.2 Å². The minimum atomic E-state index is -0.232. The predicted octanol–water partition coefficient (Wildman–Crippen LogP) is 0.868. The smallest absolute Gasteiger partial charge is 0.324 e. The van der Waals surface area contributed by atoms with Gasteiger partial charge < -0.3 is 10.1 Å². The number of esters is 1. The highest BCUT2D eigenvalue weighted by molar-refractivity contribution is 5.75. The molecule has 0 rings (SSSR count). The van der Waals surface area contributed by atoms with Gasteiger partial charge in [0.2, 0.25) is 0 Å². The summed E-state index contributed by atoms with van der Waals surface area (Å²) in [7, 11) is 3.21. The van der Waals surface area contributed by atoms with E-state index in [9.17, 15) is 4.79 Å². The van der Waals surface area contributed by atoms with Gasteiger partial charge in [-0.3, -0.25) is 9.69 Å². The van der Waals surface area contributed by atoms with E-state index in [0.29, 0.717) is 12.6 Å². The van der Waals surface area contributed by atoms with Crippen LogP contribution < -0.4 is 5.32 Å². The summed E-state index contributed by atoms with van der Waals surface area (Å²) in [6.45, 7) is 8.09. The van der Waals surface area contributed by atoms with Crippen molar-refractivity contribution in [3.8, 4) is 0 Å². The first-order valence-corrected chi connectivity index (χ1v) is 5.59. The van der Waals surface area contributed by atoms with E-state index >= 15 is 0 Å². The molecule has 0 fully saturated rings. The summed E-state index contributed by atoms with van der Waals surface area (Å²) in [5.74, 6) is -0.195. The van der Waals surface area contributed by atoms with Gasteiger partial charge in [0.25, 0.3) is 0 Å². The molecule has 4 heteroatoms. The molecule has 0 heterocycles. The molecule has 0 aromatic rings. The number of hydrogen-bond donors (Lipinski definition) is 1. The Balaban J connectivity index is 4.29. The maximum atomic E-state index is 11.4. The maximum absolute atomic E-state index is 11.4. The molecule has 0 aliphatic heterocycles. The third-order valence-electron chi connectivity index (χ3n) is 2.87. The van der Waals surface area contributed by atoms with E-state index in [2.05, 4.69) is 31.0 Å². The Kier molecular flexibility index (Phi) is 7.34. The zero-order chi connectivity index (χ0) is 11.8. The number of carbonyl (C=O) groups is 1. The predicted molar refractivity (Wildman–Crippen MR) is 61.9 cm³/mol. The number of rotatable bonds is 7. The molecule has 0 aliphatic carbocycles. The number of hydrogen-bond acceptors (Lipinski definition) is 4. The van der Waals surface area contributed by atoms with E-state index in [1.54, 1.807) is 7.05 Å². The van der Waals surface area contributed by atoms with E-state index in [1.807, 2.05) is 0 Å². The summed E-state index contributed by atoms with van der Waals surface area (Å²) in [5.41, 5.74) is 0. The van der Waals surface area contributed by atoms with Gasteiger partial charge in [0.1, 0.15) is 6.04 Å². The van der Waals surface area contributed by atoms with Crippen LogP contribution in [-0.4, -0.2) is 50.2 Å². The summed E-state index contributed by atoms with van der Waals surface area (Å²) in [6.07, 6.45) is 1.09. The fourth-order valence-electron chi connectivity index (χ4n) is 1.54. The van der Waals surface area contributed by atoms with Crippen LogP contribution in [0.15, 0.2) is 0 Å². The summed E-state index contributed by atoms with van der Waals surface area (Å²) in [4.78, 5) is 13.7. The van der Waals surface area contributed by atoms with Crippen LogP contribution in [0, 0.1) is 0 Å². The molecule has 1 N–H and O–H groups in total. The average molecular weight is 216 g/mol. The van der Waals surface area contributed by atoms with Crippen molar-refractivity contribution < 1.29 is 9.53 Å². The van der Waals surface area contributed by atoms with E-state index < -0.39 is 0 Å². The maximum Gasteiger partial charge on any atom is 0.324 e. The van der Waals surface area contributed by atoms with Crippen molar-refractivity contribution in [1.29, 1.82) is 0 Å². The van der Waals surface area contributed by atoms with Crippen LogP contribution in [0.5, 0.6) is 0 Å². The van der Waals surface area contributed by atoms with Crippen molar-refractivity contribution >= 4 is 5.97 Å². The molecule has 90 valence electrons. The van der Waals surface area contributed by atoms with Gasteiger partial charge in [0, 0.05) is 12.6 Å². The highest BCUT2D eigenvalue weighted by Crippen LogP contribution is 2.04. The summed E-state index contributed by atoms with van der Waals surface area (Å²) in [6, 6.07) is 0.263. The molecule has 0 aromatic heterocycles. The fraction of sp³-hybridized carbons (Fsp3) is 0.909. The standard InChI is InChI=1S/C11H24N2O2/c1-6-9(3)13(7-2)8-10(12-4)11(14)15-5/h9-10,12H,6-8H2,1-5H3. The van der Waals surface area contributed by atoms with Gasteiger partial charge in [0.15, 0.2) is 0 Å². The van der Waals surface area contributed by atoms with Gasteiger partial charge in [-0.25, -0.2) is 0 Å².